The molecule has 0 radical (unpaired) electrons. The fraction of sp³-hybridized carbons (Fsp3) is 0.257. The molecule has 4 aromatic carbocycles. The minimum absolute atomic E-state index is 0.133. The first-order valence-electron chi connectivity index (χ1n) is 14.8. The highest BCUT2D eigenvalue weighted by Crippen LogP contribution is 2.42. The standard InChI is InChI=1S/C35H37N3O6S/c1-41-24-43-29-16-12-26(13-17-29)33(27-14-18-30(19-15-27)44-25-42-2)34-31-10-6-7-11-32(31)36-35(34)45(39,40)38-22-20-37(21-23-38)28-8-4-3-5-9-28/h3-19,33,36H,20-25H2,1-2H3. The van der Waals surface area contributed by atoms with Crippen molar-refractivity contribution in [1.29, 1.82) is 0 Å². The number of ether oxygens (including phenoxy) is 4. The van der Waals surface area contributed by atoms with Crippen LogP contribution in [-0.4, -0.2) is 71.7 Å². The number of aromatic nitrogens is 1. The van der Waals surface area contributed by atoms with Crippen LogP contribution in [-0.2, 0) is 19.5 Å². The fourth-order valence-electron chi connectivity index (χ4n) is 5.88. The molecule has 0 atom stereocenters. The molecule has 1 N–H and O–H groups in total. The summed E-state index contributed by atoms with van der Waals surface area (Å²) in [5.74, 6) is 0.904. The Morgan fingerprint density at radius 3 is 1.78 bits per heavy atom. The number of methoxy groups -OCH3 is 2. The zero-order valence-electron chi connectivity index (χ0n) is 25.4. The smallest absolute Gasteiger partial charge is 0.258 e. The van der Waals surface area contributed by atoms with E-state index in [-0.39, 0.29) is 18.6 Å². The molecule has 1 aliphatic heterocycles. The van der Waals surface area contributed by atoms with Crippen LogP contribution in [0.25, 0.3) is 10.9 Å². The number of hydrogen-bond acceptors (Lipinski definition) is 7. The quantitative estimate of drug-likeness (QED) is 0.174. The molecule has 9 nitrogen and oxygen atoms in total. The summed E-state index contributed by atoms with van der Waals surface area (Å²) >= 11 is 0. The molecule has 10 heteroatoms. The molecule has 0 bridgehead atoms. The Labute approximate surface area is 264 Å². The third kappa shape index (κ3) is 6.55. The van der Waals surface area contributed by atoms with Gasteiger partial charge in [0.15, 0.2) is 18.6 Å². The molecule has 0 spiro atoms. The molecular formula is C35H37N3O6S. The van der Waals surface area contributed by atoms with Gasteiger partial charge in [0.1, 0.15) is 11.5 Å². The Kier molecular flexibility index (Phi) is 9.37. The molecule has 5 aromatic rings. The molecule has 0 unspecified atom stereocenters. The van der Waals surface area contributed by atoms with Crippen LogP contribution in [0.15, 0.2) is 108 Å². The number of fused-ring (bicyclic) bond motifs is 1. The van der Waals surface area contributed by atoms with Crippen molar-refractivity contribution in [2.45, 2.75) is 10.9 Å². The van der Waals surface area contributed by atoms with E-state index in [2.05, 4.69) is 22.0 Å². The van der Waals surface area contributed by atoms with Crippen molar-refractivity contribution in [3.05, 3.63) is 120 Å². The SMILES string of the molecule is COCOc1ccc(C(c2ccc(OCOC)cc2)c2c(S(=O)(=O)N3CCN(c4ccccc4)CC3)[nH]c3ccccc23)cc1. The van der Waals surface area contributed by atoms with E-state index in [1.807, 2.05) is 91.0 Å². The second kappa shape index (κ2) is 13.7. The molecule has 0 aliphatic carbocycles. The number of H-pyrrole nitrogens is 1. The zero-order chi connectivity index (χ0) is 31.2. The average molecular weight is 628 g/mol. The number of nitrogens with one attached hydrogen (secondary N) is 1. The zero-order valence-corrected chi connectivity index (χ0v) is 26.2. The number of benzene rings is 4. The van der Waals surface area contributed by atoms with Crippen molar-refractivity contribution in [2.24, 2.45) is 0 Å². The summed E-state index contributed by atoms with van der Waals surface area (Å²) in [5.41, 5.74) is 4.39. The Morgan fingerprint density at radius 2 is 1.22 bits per heavy atom. The molecule has 2 heterocycles. The molecular weight excluding hydrogens is 590 g/mol. The van der Waals surface area contributed by atoms with Gasteiger partial charge in [-0.3, -0.25) is 0 Å². The predicted molar refractivity (Wildman–Crippen MR) is 175 cm³/mol. The van der Waals surface area contributed by atoms with E-state index in [9.17, 15) is 8.42 Å². The van der Waals surface area contributed by atoms with Crippen LogP contribution < -0.4 is 14.4 Å². The molecule has 0 amide bonds. The molecule has 1 saturated heterocycles. The third-order valence-corrected chi connectivity index (χ3v) is 9.95. The van der Waals surface area contributed by atoms with Gasteiger partial charge in [0, 0.05) is 68.5 Å². The van der Waals surface area contributed by atoms with Crippen LogP contribution in [0.5, 0.6) is 11.5 Å². The molecule has 1 aliphatic rings. The summed E-state index contributed by atoms with van der Waals surface area (Å²) in [5, 5.41) is 1.06. The van der Waals surface area contributed by atoms with E-state index in [0.717, 1.165) is 27.7 Å². The molecule has 1 aromatic heterocycles. The van der Waals surface area contributed by atoms with Crippen LogP contribution in [0, 0.1) is 0 Å². The second-order valence-corrected chi connectivity index (χ2v) is 12.7. The topological polar surface area (TPSA) is 93.3 Å². The van der Waals surface area contributed by atoms with Gasteiger partial charge in [-0.25, -0.2) is 8.42 Å². The first kappa shape index (κ1) is 30.7. The van der Waals surface area contributed by atoms with Crippen LogP contribution in [0.4, 0.5) is 5.69 Å². The first-order valence-corrected chi connectivity index (χ1v) is 16.3. The highest BCUT2D eigenvalue weighted by atomic mass is 32.2. The number of piperazine rings is 1. The van der Waals surface area contributed by atoms with E-state index in [1.54, 1.807) is 18.5 Å². The van der Waals surface area contributed by atoms with Gasteiger partial charge in [0.05, 0.1) is 0 Å². The van der Waals surface area contributed by atoms with Gasteiger partial charge >= 0.3 is 0 Å². The van der Waals surface area contributed by atoms with Crippen LogP contribution in [0.3, 0.4) is 0 Å². The maximum Gasteiger partial charge on any atom is 0.258 e. The summed E-state index contributed by atoms with van der Waals surface area (Å²) < 4.78 is 52.1. The van der Waals surface area contributed by atoms with Crippen molar-refractivity contribution >= 4 is 26.6 Å². The maximum absolute atomic E-state index is 14.5. The highest BCUT2D eigenvalue weighted by Gasteiger charge is 2.36. The average Bonchev–Trinajstić information content (AvgIpc) is 3.48. The number of nitrogens with zero attached hydrogens (tertiary/aromatic N) is 2. The molecule has 1 fully saturated rings. The molecule has 0 saturated carbocycles. The van der Waals surface area contributed by atoms with Gasteiger partial charge in [-0.15, -0.1) is 0 Å². The van der Waals surface area contributed by atoms with Crippen LogP contribution in [0.1, 0.15) is 22.6 Å². The van der Waals surface area contributed by atoms with Crippen LogP contribution >= 0.6 is 0 Å². The lowest BCUT2D eigenvalue weighted by atomic mass is 9.85. The lowest BCUT2D eigenvalue weighted by Gasteiger charge is -2.35. The summed E-state index contributed by atoms with van der Waals surface area (Å²) in [6.07, 6.45) is 0. The van der Waals surface area contributed by atoms with Gasteiger partial charge in [0.25, 0.3) is 10.0 Å². The molecule has 6 rings (SSSR count). The van der Waals surface area contributed by atoms with E-state index < -0.39 is 15.9 Å². The van der Waals surface area contributed by atoms with E-state index in [4.69, 9.17) is 18.9 Å². The van der Waals surface area contributed by atoms with Gasteiger partial charge < -0.3 is 28.8 Å². The Morgan fingerprint density at radius 1 is 0.689 bits per heavy atom. The molecule has 45 heavy (non-hydrogen) atoms. The number of aromatic amines is 1. The van der Waals surface area contributed by atoms with Crippen molar-refractivity contribution in [1.82, 2.24) is 9.29 Å². The summed E-state index contributed by atoms with van der Waals surface area (Å²) in [6.45, 7) is 2.24. The van der Waals surface area contributed by atoms with Gasteiger partial charge in [-0.2, -0.15) is 4.31 Å². The van der Waals surface area contributed by atoms with Gasteiger partial charge in [-0.05, 0) is 53.6 Å². The second-order valence-electron chi connectivity index (χ2n) is 10.8. The van der Waals surface area contributed by atoms with E-state index in [1.165, 1.54) is 0 Å². The molecule has 234 valence electrons. The Hall–Kier alpha value is -4.35. The lowest BCUT2D eigenvalue weighted by Crippen LogP contribution is -2.48. The van der Waals surface area contributed by atoms with Crippen molar-refractivity contribution in [3.8, 4) is 11.5 Å². The van der Waals surface area contributed by atoms with Gasteiger partial charge in [-0.1, -0.05) is 60.7 Å². The minimum Gasteiger partial charge on any atom is -0.468 e. The monoisotopic (exact) mass is 627 g/mol. The van der Waals surface area contributed by atoms with Crippen molar-refractivity contribution in [3.63, 3.8) is 0 Å². The highest BCUT2D eigenvalue weighted by molar-refractivity contribution is 7.89. The van der Waals surface area contributed by atoms with E-state index >= 15 is 0 Å². The number of para-hydroxylation sites is 2. The summed E-state index contributed by atoms with van der Waals surface area (Å²) in [6, 6.07) is 33.3. The van der Waals surface area contributed by atoms with E-state index in [0.29, 0.717) is 43.2 Å². The number of hydrogen-bond donors (Lipinski definition) is 1. The number of anilines is 1. The Bertz CT molecular complexity index is 1750. The van der Waals surface area contributed by atoms with Crippen molar-refractivity contribution in [2.75, 3.05) is 58.9 Å². The summed E-state index contributed by atoms with van der Waals surface area (Å²) in [4.78, 5) is 5.54. The number of rotatable bonds is 12. The normalized spacial score (nSPS) is 14.2. The Balaban J connectivity index is 1.43. The third-order valence-electron chi connectivity index (χ3n) is 8.07. The number of sulfonamides is 1. The predicted octanol–water partition coefficient (Wildman–Crippen LogP) is 5.82. The lowest BCUT2D eigenvalue weighted by molar-refractivity contribution is 0.0509. The first-order chi connectivity index (χ1) is 22.0. The fourth-order valence-corrected chi connectivity index (χ4v) is 7.52. The van der Waals surface area contributed by atoms with Crippen LogP contribution in [0.2, 0.25) is 0 Å². The van der Waals surface area contributed by atoms with Gasteiger partial charge in [0.2, 0.25) is 0 Å². The maximum atomic E-state index is 14.5. The largest absolute Gasteiger partial charge is 0.468 e. The minimum atomic E-state index is -3.89. The summed E-state index contributed by atoms with van der Waals surface area (Å²) in [7, 11) is -0.744. The van der Waals surface area contributed by atoms with Crippen molar-refractivity contribution < 1.29 is 27.4 Å².